The van der Waals surface area contributed by atoms with Crippen LogP contribution in [-0.4, -0.2) is 49.0 Å². The van der Waals surface area contributed by atoms with Gasteiger partial charge < -0.3 is 19.7 Å². The molecule has 1 N–H and O–H groups in total. The molecule has 0 radical (unpaired) electrons. The molecule has 166 valence electrons. The van der Waals surface area contributed by atoms with E-state index in [1.807, 2.05) is 23.2 Å². The molecule has 1 aliphatic rings. The van der Waals surface area contributed by atoms with E-state index in [0.29, 0.717) is 42.4 Å². The lowest BCUT2D eigenvalue weighted by Gasteiger charge is -2.33. The largest absolute Gasteiger partial charge is 0.497 e. The Morgan fingerprint density at radius 1 is 1.16 bits per heavy atom. The minimum atomic E-state index is -0.0460. The summed E-state index contributed by atoms with van der Waals surface area (Å²) < 4.78 is 10.5. The zero-order valence-electron chi connectivity index (χ0n) is 18.3. The Bertz CT molecular complexity index is 850. The van der Waals surface area contributed by atoms with Gasteiger partial charge in [-0.1, -0.05) is 6.07 Å². The molecule has 7 nitrogen and oxygen atoms in total. The number of likely N-dealkylation sites (tertiary alicyclic amines) is 1. The smallest absolute Gasteiger partial charge is 0.224 e. The summed E-state index contributed by atoms with van der Waals surface area (Å²) >= 11 is 0. The predicted molar refractivity (Wildman–Crippen MR) is 119 cm³/mol. The molecule has 0 aliphatic carbocycles. The van der Waals surface area contributed by atoms with Crippen molar-refractivity contribution in [2.75, 3.05) is 32.6 Å². The number of piperidine rings is 1. The maximum atomic E-state index is 12.6. The zero-order chi connectivity index (χ0) is 22.1. The average molecular weight is 426 g/mol. The van der Waals surface area contributed by atoms with Crippen molar-refractivity contribution in [3.8, 4) is 11.5 Å². The van der Waals surface area contributed by atoms with E-state index in [4.69, 9.17) is 9.47 Å². The number of hydrogen-bond donors (Lipinski definition) is 1. The van der Waals surface area contributed by atoms with Crippen LogP contribution in [0.2, 0.25) is 0 Å². The lowest BCUT2D eigenvalue weighted by Crippen LogP contribution is -2.40. The Morgan fingerprint density at radius 2 is 1.94 bits per heavy atom. The van der Waals surface area contributed by atoms with E-state index < -0.39 is 0 Å². The van der Waals surface area contributed by atoms with Crippen molar-refractivity contribution in [2.45, 2.75) is 38.5 Å². The summed E-state index contributed by atoms with van der Waals surface area (Å²) in [4.78, 5) is 31.1. The monoisotopic (exact) mass is 425 g/mol. The highest BCUT2D eigenvalue weighted by Crippen LogP contribution is 2.26. The fourth-order valence-electron chi connectivity index (χ4n) is 3.92. The summed E-state index contributed by atoms with van der Waals surface area (Å²) in [7, 11) is 3.15. The number of aromatic nitrogens is 1. The van der Waals surface area contributed by atoms with Crippen LogP contribution in [-0.2, 0) is 16.0 Å². The van der Waals surface area contributed by atoms with Gasteiger partial charge in [-0.15, -0.1) is 0 Å². The van der Waals surface area contributed by atoms with Crippen LogP contribution in [0, 0.1) is 5.92 Å². The maximum Gasteiger partial charge on any atom is 0.224 e. The van der Waals surface area contributed by atoms with E-state index in [-0.39, 0.29) is 11.8 Å². The number of anilines is 1. The third kappa shape index (κ3) is 6.98. The molecule has 0 unspecified atom stereocenters. The summed E-state index contributed by atoms with van der Waals surface area (Å²) in [5, 5.41) is 2.92. The van der Waals surface area contributed by atoms with Crippen LogP contribution in [0.5, 0.6) is 11.5 Å². The number of ether oxygens (including phenoxy) is 2. The molecule has 0 spiro atoms. The number of benzene rings is 1. The highest BCUT2D eigenvalue weighted by atomic mass is 16.5. The fraction of sp³-hybridized carbons (Fsp3) is 0.458. The maximum absolute atomic E-state index is 12.6. The highest BCUT2D eigenvalue weighted by molar-refractivity contribution is 5.91. The van der Waals surface area contributed by atoms with E-state index in [1.165, 1.54) is 0 Å². The van der Waals surface area contributed by atoms with Crippen LogP contribution in [0.3, 0.4) is 0 Å². The quantitative estimate of drug-likeness (QED) is 0.663. The lowest BCUT2D eigenvalue weighted by atomic mass is 9.93. The van der Waals surface area contributed by atoms with Gasteiger partial charge in [0.2, 0.25) is 11.8 Å². The molecule has 1 aliphatic heterocycles. The van der Waals surface area contributed by atoms with Crippen molar-refractivity contribution in [3.05, 3.63) is 48.3 Å². The molecule has 3 rings (SSSR count). The second kappa shape index (κ2) is 11.3. The van der Waals surface area contributed by atoms with E-state index in [1.54, 1.807) is 38.6 Å². The molecule has 2 heterocycles. The summed E-state index contributed by atoms with van der Waals surface area (Å²) in [6.45, 7) is 1.53. The summed E-state index contributed by atoms with van der Waals surface area (Å²) in [6.07, 6.45) is 7.97. The SMILES string of the molecule is COc1cc(NC(=O)CC[C@H]2CCCN(C(=O)CCc3cccnc3)C2)cc(OC)c1. The number of nitrogens with zero attached hydrogens (tertiary/aromatic N) is 2. The molecule has 0 saturated carbocycles. The normalized spacial score (nSPS) is 15.9. The Labute approximate surface area is 183 Å². The second-order valence-corrected chi connectivity index (χ2v) is 7.90. The zero-order valence-corrected chi connectivity index (χ0v) is 18.3. The molecular weight excluding hydrogens is 394 g/mol. The average Bonchev–Trinajstić information content (AvgIpc) is 2.81. The molecular formula is C24H31N3O4. The number of amides is 2. The molecule has 31 heavy (non-hydrogen) atoms. The Morgan fingerprint density at radius 3 is 2.61 bits per heavy atom. The van der Waals surface area contributed by atoms with Gasteiger partial charge in [0.15, 0.2) is 0 Å². The van der Waals surface area contributed by atoms with Crippen molar-refractivity contribution < 1.29 is 19.1 Å². The van der Waals surface area contributed by atoms with E-state index in [0.717, 1.165) is 37.9 Å². The minimum absolute atomic E-state index is 0.0460. The van der Waals surface area contributed by atoms with Crippen LogP contribution in [0.15, 0.2) is 42.7 Å². The van der Waals surface area contributed by atoms with E-state index in [9.17, 15) is 9.59 Å². The van der Waals surface area contributed by atoms with Gasteiger partial charge in [0, 0.05) is 62.2 Å². The molecule has 1 atom stereocenters. The first-order chi connectivity index (χ1) is 15.1. The molecule has 1 saturated heterocycles. The van der Waals surface area contributed by atoms with Gasteiger partial charge in [-0.3, -0.25) is 14.6 Å². The Hall–Kier alpha value is -3.09. The van der Waals surface area contributed by atoms with Crippen LogP contribution in [0.4, 0.5) is 5.69 Å². The van der Waals surface area contributed by atoms with Crippen molar-refractivity contribution >= 4 is 17.5 Å². The third-order valence-corrected chi connectivity index (χ3v) is 5.64. The predicted octanol–water partition coefficient (Wildman–Crippen LogP) is 3.69. The number of aryl methyl sites for hydroxylation is 1. The van der Waals surface area contributed by atoms with Crippen molar-refractivity contribution in [1.29, 1.82) is 0 Å². The Balaban J connectivity index is 1.45. The molecule has 2 aromatic rings. The topological polar surface area (TPSA) is 80.8 Å². The lowest BCUT2D eigenvalue weighted by molar-refractivity contribution is -0.133. The van der Waals surface area contributed by atoms with Gasteiger partial charge in [-0.2, -0.15) is 0 Å². The number of nitrogens with one attached hydrogen (secondary N) is 1. The van der Waals surface area contributed by atoms with E-state index in [2.05, 4.69) is 10.3 Å². The number of methoxy groups -OCH3 is 2. The first-order valence-corrected chi connectivity index (χ1v) is 10.8. The van der Waals surface area contributed by atoms with Gasteiger partial charge in [-0.25, -0.2) is 0 Å². The number of rotatable bonds is 9. The molecule has 1 aromatic carbocycles. The van der Waals surface area contributed by atoms with Gasteiger partial charge in [-0.05, 0) is 43.2 Å². The standard InChI is InChI=1S/C24H31N3O4/c1-30-21-13-20(14-22(15-21)31-2)26-23(28)9-7-19-6-4-12-27(17-19)24(29)10-8-18-5-3-11-25-16-18/h3,5,11,13-16,19H,4,6-10,12,17H2,1-2H3,(H,26,28)/t19-/m1/s1. The number of carbonyl (C=O) groups excluding carboxylic acids is 2. The summed E-state index contributed by atoms with van der Waals surface area (Å²) in [6, 6.07) is 9.18. The van der Waals surface area contributed by atoms with Gasteiger partial charge in [0.25, 0.3) is 0 Å². The van der Waals surface area contributed by atoms with Crippen LogP contribution >= 0.6 is 0 Å². The molecule has 1 aromatic heterocycles. The van der Waals surface area contributed by atoms with Crippen LogP contribution in [0.1, 0.15) is 37.7 Å². The summed E-state index contributed by atoms with van der Waals surface area (Å²) in [5.74, 6) is 1.74. The van der Waals surface area contributed by atoms with Crippen LogP contribution < -0.4 is 14.8 Å². The summed E-state index contributed by atoms with van der Waals surface area (Å²) in [5.41, 5.74) is 1.73. The van der Waals surface area contributed by atoms with Crippen molar-refractivity contribution in [2.24, 2.45) is 5.92 Å². The van der Waals surface area contributed by atoms with Gasteiger partial charge in [0.05, 0.1) is 14.2 Å². The Kier molecular flexibility index (Phi) is 8.27. The molecule has 0 bridgehead atoms. The highest BCUT2D eigenvalue weighted by Gasteiger charge is 2.24. The van der Waals surface area contributed by atoms with Gasteiger partial charge in [0.1, 0.15) is 11.5 Å². The number of hydrogen-bond acceptors (Lipinski definition) is 5. The first-order valence-electron chi connectivity index (χ1n) is 10.8. The fourth-order valence-corrected chi connectivity index (χ4v) is 3.92. The van der Waals surface area contributed by atoms with Gasteiger partial charge >= 0.3 is 0 Å². The van der Waals surface area contributed by atoms with Crippen LogP contribution in [0.25, 0.3) is 0 Å². The first kappa shape index (κ1) is 22.6. The molecule has 1 fully saturated rings. The molecule has 2 amide bonds. The van der Waals surface area contributed by atoms with E-state index >= 15 is 0 Å². The van der Waals surface area contributed by atoms with Crippen molar-refractivity contribution in [1.82, 2.24) is 9.88 Å². The molecule has 7 heteroatoms. The number of pyridine rings is 1. The number of carbonyl (C=O) groups is 2. The minimum Gasteiger partial charge on any atom is -0.497 e. The third-order valence-electron chi connectivity index (χ3n) is 5.64. The second-order valence-electron chi connectivity index (χ2n) is 7.90. The van der Waals surface area contributed by atoms with Crippen molar-refractivity contribution in [3.63, 3.8) is 0 Å².